The highest BCUT2D eigenvalue weighted by molar-refractivity contribution is 6.16. The Morgan fingerprint density at radius 2 is 1.87 bits per heavy atom. The number of amides is 1. The molecule has 30 heavy (non-hydrogen) atoms. The van der Waals surface area contributed by atoms with Crippen molar-refractivity contribution < 1.29 is 28.4 Å². The number of carbonyl (C=O) groups excluding carboxylic acids is 2. The van der Waals surface area contributed by atoms with Crippen molar-refractivity contribution in [2.24, 2.45) is 0 Å². The molecule has 1 aliphatic heterocycles. The van der Waals surface area contributed by atoms with Gasteiger partial charge in [-0.3, -0.25) is 9.59 Å². The number of nitrogens with one attached hydrogen (secondary N) is 2. The molecule has 1 aliphatic rings. The van der Waals surface area contributed by atoms with Crippen LogP contribution in [-0.2, 0) is 9.53 Å². The van der Waals surface area contributed by atoms with Crippen molar-refractivity contribution in [2.75, 3.05) is 39.4 Å². The Morgan fingerprint density at radius 1 is 1.13 bits per heavy atom. The minimum Gasteiger partial charge on any atom is -0.460 e. The number of aryl methyl sites for hydroxylation is 1. The second kappa shape index (κ2) is 8.85. The van der Waals surface area contributed by atoms with Gasteiger partial charge < -0.3 is 24.1 Å². The number of rotatable bonds is 6. The lowest BCUT2D eigenvalue weighted by Crippen LogP contribution is -3.14. The van der Waals surface area contributed by atoms with E-state index < -0.39 is 5.97 Å². The molecule has 0 saturated carbocycles. The Morgan fingerprint density at radius 3 is 2.60 bits per heavy atom. The van der Waals surface area contributed by atoms with E-state index in [1.165, 1.54) is 11.8 Å². The summed E-state index contributed by atoms with van der Waals surface area (Å²) in [6, 6.07) is 9.27. The van der Waals surface area contributed by atoms with E-state index in [4.69, 9.17) is 13.9 Å². The topological polar surface area (TPSA) is 82.2 Å². The molecule has 0 radical (unpaired) electrons. The molecule has 1 aromatic heterocycles. The summed E-state index contributed by atoms with van der Waals surface area (Å²) >= 11 is 0. The normalized spacial score (nSPS) is 14.9. The van der Waals surface area contributed by atoms with E-state index in [0.717, 1.165) is 50.0 Å². The van der Waals surface area contributed by atoms with Crippen LogP contribution in [0.25, 0.3) is 21.7 Å². The number of hydrogen-bond acceptors (Lipinski definition) is 5. The summed E-state index contributed by atoms with van der Waals surface area (Å²) in [4.78, 5) is 26.1. The average Bonchev–Trinajstić information content (AvgIpc) is 3.07. The summed E-state index contributed by atoms with van der Waals surface area (Å²) < 4.78 is 16.8. The van der Waals surface area contributed by atoms with E-state index in [2.05, 4.69) is 5.32 Å². The summed E-state index contributed by atoms with van der Waals surface area (Å²) in [6.45, 7) is 8.41. The van der Waals surface area contributed by atoms with Crippen LogP contribution in [-0.4, -0.2) is 51.3 Å². The van der Waals surface area contributed by atoms with Crippen LogP contribution in [0.2, 0.25) is 0 Å². The van der Waals surface area contributed by atoms with Gasteiger partial charge in [0.05, 0.1) is 25.3 Å². The highest BCUT2D eigenvalue weighted by Crippen LogP contribution is 2.37. The predicted molar refractivity (Wildman–Crippen MR) is 113 cm³/mol. The fraction of sp³-hybridized carbons (Fsp3) is 0.391. The number of ether oxygens (including phenoxy) is 2. The maximum atomic E-state index is 13.0. The van der Waals surface area contributed by atoms with Gasteiger partial charge in [-0.2, -0.15) is 0 Å². The lowest BCUT2D eigenvalue weighted by molar-refractivity contribution is -0.908. The van der Waals surface area contributed by atoms with Gasteiger partial charge in [0.2, 0.25) is 0 Å². The third-order valence-electron chi connectivity index (χ3n) is 5.51. The van der Waals surface area contributed by atoms with Crippen molar-refractivity contribution in [2.45, 2.75) is 20.3 Å². The number of esters is 1. The van der Waals surface area contributed by atoms with Gasteiger partial charge in [-0.15, -0.1) is 0 Å². The van der Waals surface area contributed by atoms with E-state index >= 15 is 0 Å². The summed E-state index contributed by atoms with van der Waals surface area (Å²) in [5, 5.41) is 5.25. The standard InChI is InChI=1S/C23H26N2O5/c1-15-21(23(27)24-8-5-9-25-10-12-28-13-11-25)19-14-20(30-16(2)26)17-6-3-4-7-18(17)22(19)29-15/h3-4,6-7,14H,5,8-13H2,1-2H3,(H,24,27)/p+1. The molecule has 1 saturated heterocycles. The Bertz CT molecular complexity index is 1080. The lowest BCUT2D eigenvalue weighted by Gasteiger charge is -2.23. The van der Waals surface area contributed by atoms with Gasteiger partial charge in [0.25, 0.3) is 5.91 Å². The molecule has 2 heterocycles. The Balaban J connectivity index is 1.57. The van der Waals surface area contributed by atoms with Gasteiger partial charge in [-0.05, 0) is 13.0 Å². The molecule has 2 aromatic carbocycles. The molecule has 0 aliphatic carbocycles. The Kier molecular flexibility index (Phi) is 6.01. The van der Waals surface area contributed by atoms with Crippen molar-refractivity contribution in [1.82, 2.24) is 5.32 Å². The third kappa shape index (κ3) is 4.17. The number of quaternary nitrogens is 1. The van der Waals surface area contributed by atoms with Gasteiger partial charge >= 0.3 is 5.97 Å². The van der Waals surface area contributed by atoms with Crippen LogP contribution >= 0.6 is 0 Å². The largest absolute Gasteiger partial charge is 0.460 e. The molecule has 1 amide bonds. The summed E-state index contributed by atoms with van der Waals surface area (Å²) in [7, 11) is 0. The number of morpholine rings is 1. The molecular weight excluding hydrogens is 384 g/mol. The van der Waals surface area contributed by atoms with Gasteiger partial charge in [0.1, 0.15) is 30.2 Å². The molecular formula is C23H27N2O5+. The molecule has 0 atom stereocenters. The summed E-state index contributed by atoms with van der Waals surface area (Å²) in [5.41, 5.74) is 1.12. The maximum absolute atomic E-state index is 13.0. The zero-order chi connectivity index (χ0) is 21.1. The molecule has 7 nitrogen and oxygen atoms in total. The van der Waals surface area contributed by atoms with Crippen LogP contribution in [0.1, 0.15) is 29.5 Å². The molecule has 7 heteroatoms. The first-order chi connectivity index (χ1) is 14.5. The highest BCUT2D eigenvalue weighted by Gasteiger charge is 2.22. The molecule has 3 aromatic rings. The molecule has 158 valence electrons. The third-order valence-corrected chi connectivity index (χ3v) is 5.51. The van der Waals surface area contributed by atoms with Crippen molar-refractivity contribution in [3.8, 4) is 5.75 Å². The number of fused-ring (bicyclic) bond motifs is 3. The molecule has 0 unspecified atom stereocenters. The van der Waals surface area contributed by atoms with Crippen molar-refractivity contribution in [3.05, 3.63) is 41.7 Å². The Labute approximate surface area is 174 Å². The zero-order valence-corrected chi connectivity index (χ0v) is 17.4. The fourth-order valence-corrected chi connectivity index (χ4v) is 4.07. The van der Waals surface area contributed by atoms with Gasteiger partial charge in [-0.25, -0.2) is 0 Å². The lowest BCUT2D eigenvalue weighted by atomic mass is 10.0. The zero-order valence-electron chi connectivity index (χ0n) is 17.4. The minimum absolute atomic E-state index is 0.174. The Hall–Kier alpha value is -2.90. The molecule has 1 fully saturated rings. The smallest absolute Gasteiger partial charge is 0.308 e. The van der Waals surface area contributed by atoms with Crippen molar-refractivity contribution in [3.63, 3.8) is 0 Å². The SMILES string of the molecule is CC(=O)Oc1cc2c(C(=O)NCCC[NH+]3CCOCC3)c(C)oc2c2ccccc12. The quantitative estimate of drug-likeness (QED) is 0.368. The molecule has 0 bridgehead atoms. The summed E-state index contributed by atoms with van der Waals surface area (Å²) in [6.07, 6.45) is 0.900. The number of benzene rings is 2. The van der Waals surface area contributed by atoms with E-state index in [-0.39, 0.29) is 5.91 Å². The monoisotopic (exact) mass is 411 g/mol. The van der Waals surface area contributed by atoms with E-state index in [1.807, 2.05) is 24.3 Å². The van der Waals surface area contributed by atoms with Gasteiger partial charge in [-0.1, -0.05) is 24.3 Å². The first-order valence-electron chi connectivity index (χ1n) is 10.4. The molecule has 2 N–H and O–H groups in total. The van der Waals surface area contributed by atoms with E-state index in [0.29, 0.717) is 34.6 Å². The van der Waals surface area contributed by atoms with Crippen LogP contribution in [0, 0.1) is 6.92 Å². The average molecular weight is 411 g/mol. The number of furan rings is 1. The second-order valence-corrected chi connectivity index (χ2v) is 7.65. The van der Waals surface area contributed by atoms with Gasteiger partial charge in [0.15, 0.2) is 0 Å². The van der Waals surface area contributed by atoms with Crippen LogP contribution < -0.4 is 15.0 Å². The van der Waals surface area contributed by atoms with Crippen LogP contribution in [0.15, 0.2) is 34.7 Å². The number of hydrogen-bond donors (Lipinski definition) is 2. The molecule has 4 rings (SSSR count). The first-order valence-corrected chi connectivity index (χ1v) is 10.4. The van der Waals surface area contributed by atoms with Crippen molar-refractivity contribution >= 4 is 33.6 Å². The fourth-order valence-electron chi connectivity index (χ4n) is 4.07. The van der Waals surface area contributed by atoms with Crippen molar-refractivity contribution in [1.29, 1.82) is 0 Å². The van der Waals surface area contributed by atoms with Crippen LogP contribution in [0.4, 0.5) is 0 Å². The molecule has 0 spiro atoms. The number of carbonyl (C=O) groups is 2. The van der Waals surface area contributed by atoms with Gasteiger partial charge in [0, 0.05) is 36.0 Å². The minimum atomic E-state index is -0.406. The second-order valence-electron chi connectivity index (χ2n) is 7.65. The van der Waals surface area contributed by atoms with Crippen LogP contribution in [0.5, 0.6) is 5.75 Å². The maximum Gasteiger partial charge on any atom is 0.308 e. The van der Waals surface area contributed by atoms with E-state index in [9.17, 15) is 9.59 Å². The summed E-state index contributed by atoms with van der Waals surface area (Å²) in [5.74, 6) is 0.395. The van der Waals surface area contributed by atoms with Crippen LogP contribution in [0.3, 0.4) is 0 Å². The highest BCUT2D eigenvalue weighted by atomic mass is 16.5. The first kappa shape index (κ1) is 20.4. The predicted octanol–water partition coefficient (Wildman–Crippen LogP) is 1.85. The van der Waals surface area contributed by atoms with E-state index in [1.54, 1.807) is 13.0 Å².